The van der Waals surface area contributed by atoms with Gasteiger partial charge in [-0.2, -0.15) is 0 Å². The van der Waals surface area contributed by atoms with Gasteiger partial charge >= 0.3 is 33.6 Å². The second-order valence-corrected chi connectivity index (χ2v) is 27.2. The summed E-state index contributed by atoms with van der Waals surface area (Å²) >= 11 is 0. The number of aliphatic hydroxyl groups excluding tert-OH is 2. The Morgan fingerprint density at radius 2 is 0.546 bits per heavy atom. The number of unbranched alkanes of at least 4 members (excludes halogenated alkanes) is 22. The molecule has 0 saturated carbocycles. The second-order valence-electron chi connectivity index (χ2n) is 24.3. The molecule has 0 radical (unpaired) electrons. The van der Waals surface area contributed by atoms with Crippen LogP contribution in [-0.2, 0) is 55.8 Å². The molecule has 5 atom stereocenters. The van der Waals surface area contributed by atoms with Gasteiger partial charge in [0.15, 0.2) is 6.10 Å². The highest BCUT2D eigenvalue weighted by Gasteiger charge is 2.29. The summed E-state index contributed by atoms with van der Waals surface area (Å²) in [4.78, 5) is 58.5. The van der Waals surface area contributed by atoms with Crippen molar-refractivity contribution in [2.24, 2.45) is 0 Å². The van der Waals surface area contributed by atoms with Gasteiger partial charge in [-0.15, -0.1) is 0 Å². The Morgan fingerprint density at radius 1 is 0.299 bits per heavy atom. The normalized spacial score (nSPS) is 14.9. The first kappa shape index (κ1) is 92.4. The van der Waals surface area contributed by atoms with E-state index >= 15 is 0 Å². The Labute approximate surface area is 587 Å². The van der Waals surface area contributed by atoms with Gasteiger partial charge in [0.05, 0.1) is 26.4 Å². The molecule has 0 aliphatic rings. The monoisotopic (exact) mass is 1400 g/mol. The average molecular weight is 1400 g/mol. The first-order chi connectivity index (χ1) is 47.2. The van der Waals surface area contributed by atoms with E-state index in [2.05, 4.69) is 167 Å². The first-order valence-electron chi connectivity index (χ1n) is 37.1. The molecule has 16 nitrogen and oxygen atoms in total. The maximum absolute atomic E-state index is 12.9. The summed E-state index contributed by atoms with van der Waals surface area (Å²) in [5.74, 6) is -1.62. The van der Waals surface area contributed by atoms with Gasteiger partial charge in [0, 0.05) is 19.3 Å². The van der Waals surface area contributed by atoms with Gasteiger partial charge in [-0.05, 0) is 141 Å². The van der Waals surface area contributed by atoms with E-state index in [1.807, 2.05) is 0 Å². The molecule has 0 bridgehead atoms. The molecule has 0 aliphatic heterocycles. The fourth-order valence-corrected chi connectivity index (χ4v) is 11.0. The van der Waals surface area contributed by atoms with Crippen molar-refractivity contribution in [3.05, 3.63) is 146 Å². The number of rotatable bonds is 69. The van der Waals surface area contributed by atoms with Crippen LogP contribution in [0.15, 0.2) is 146 Å². The molecule has 0 aliphatic carbocycles. The van der Waals surface area contributed by atoms with E-state index in [4.69, 9.17) is 32.3 Å². The topological polar surface area (TPSA) is 231 Å². The Kier molecular flexibility index (Phi) is 67.9. The highest BCUT2D eigenvalue weighted by molar-refractivity contribution is 7.47. The van der Waals surface area contributed by atoms with Gasteiger partial charge in [-0.1, -0.05) is 263 Å². The highest BCUT2D eigenvalue weighted by atomic mass is 31.2. The SMILES string of the molecule is CC/C=C\C/C=C\C/C=C\C/C=C\C/C=C\C/C=C\CCCCCCCCC(=O)OCC(O)COP(=O)(O)OCC(O)COP(=O)(O)OCC(COC(=O)CCCCCCCCC/C=C\C/C=C\C/C=C\C/C=C\C/C=C\CC)OC(=O)CCCCCCC/C=C\CCCCCC. The van der Waals surface area contributed by atoms with Crippen molar-refractivity contribution >= 4 is 33.6 Å². The Bertz CT molecular complexity index is 2350. The molecule has 0 spiro atoms. The van der Waals surface area contributed by atoms with E-state index in [1.165, 1.54) is 25.7 Å². The van der Waals surface area contributed by atoms with Gasteiger partial charge in [0.2, 0.25) is 0 Å². The molecular formula is C79H132O16P2. The van der Waals surface area contributed by atoms with E-state index in [0.29, 0.717) is 19.3 Å². The molecule has 18 heteroatoms. The number of esters is 3. The maximum Gasteiger partial charge on any atom is 0.472 e. The Morgan fingerprint density at radius 3 is 0.876 bits per heavy atom. The minimum Gasteiger partial charge on any atom is -0.463 e. The van der Waals surface area contributed by atoms with Crippen LogP contribution in [0.4, 0.5) is 0 Å². The van der Waals surface area contributed by atoms with Gasteiger partial charge < -0.3 is 34.2 Å². The standard InChI is InChI=1S/C79H132O16P2/c1-4-7-10-13-16-19-22-25-27-29-31-33-35-36-38-40-41-43-45-48-50-53-56-59-62-65-77(82)89-68-74(80)69-91-96(85,86)92-70-75(81)71-93-97(87,88)94-73-76(95-79(84)67-64-61-58-55-52-47-24-21-18-15-12-9-6-3)72-90-78(83)66-63-60-57-54-51-49-46-44-42-39-37-34-32-30-28-26-23-20-17-14-11-8-5-2/h7-8,10-11,16-17,19-21,24-28,31-34,36,38-39,41-43,74-76,80-81H,4-6,9,12-15,18,22-23,29-30,35,37,40,44-73H2,1-3H3,(H,85,86)(H,87,88)/b10-7-,11-8-,19-16-,20-17-,24-21-,27-25-,28-26-,33-31-,34-32-,38-36-,42-39-,43-41-. The number of allylic oxidation sites excluding steroid dienone is 24. The highest BCUT2D eigenvalue weighted by Crippen LogP contribution is 2.45. The molecule has 0 amide bonds. The Hall–Kier alpha value is -4.57. The molecule has 0 heterocycles. The lowest BCUT2D eigenvalue weighted by atomic mass is 10.1. The molecular weight excluding hydrogens is 1270 g/mol. The molecule has 5 unspecified atom stereocenters. The van der Waals surface area contributed by atoms with E-state index in [9.17, 15) is 43.5 Å². The van der Waals surface area contributed by atoms with Crippen molar-refractivity contribution in [3.8, 4) is 0 Å². The lowest BCUT2D eigenvalue weighted by molar-refractivity contribution is -0.161. The van der Waals surface area contributed by atoms with Crippen LogP contribution >= 0.6 is 15.6 Å². The minimum absolute atomic E-state index is 0.0879. The lowest BCUT2D eigenvalue weighted by Gasteiger charge is -2.21. The minimum atomic E-state index is -4.94. The van der Waals surface area contributed by atoms with Crippen LogP contribution in [0.2, 0.25) is 0 Å². The smallest absolute Gasteiger partial charge is 0.463 e. The summed E-state index contributed by atoms with van der Waals surface area (Å²) < 4.78 is 61.0. The quantitative estimate of drug-likeness (QED) is 0.0146. The van der Waals surface area contributed by atoms with E-state index in [1.54, 1.807) is 0 Å². The summed E-state index contributed by atoms with van der Waals surface area (Å²) in [7, 11) is -9.80. The summed E-state index contributed by atoms with van der Waals surface area (Å²) in [6.07, 6.45) is 86.0. The zero-order chi connectivity index (χ0) is 70.9. The maximum atomic E-state index is 12.9. The zero-order valence-corrected chi connectivity index (χ0v) is 62.0. The average Bonchev–Trinajstić information content (AvgIpc) is 1.58. The predicted molar refractivity (Wildman–Crippen MR) is 399 cm³/mol. The van der Waals surface area contributed by atoms with E-state index < -0.39 is 91.5 Å². The third kappa shape index (κ3) is 72.5. The summed E-state index contributed by atoms with van der Waals surface area (Å²) in [5.41, 5.74) is 0. The fraction of sp³-hybridized carbons (Fsp3) is 0.658. The fourth-order valence-electron chi connectivity index (χ4n) is 9.42. The number of aliphatic hydroxyl groups is 2. The number of ether oxygens (including phenoxy) is 3. The summed E-state index contributed by atoms with van der Waals surface area (Å²) in [6, 6.07) is 0. The molecule has 0 aromatic heterocycles. The number of carbonyl (C=O) groups excluding carboxylic acids is 3. The number of phosphoric acid groups is 2. The van der Waals surface area contributed by atoms with Crippen LogP contribution in [0, 0.1) is 0 Å². The molecule has 4 N–H and O–H groups in total. The number of hydrogen-bond acceptors (Lipinski definition) is 14. The molecule has 0 saturated heterocycles. The zero-order valence-electron chi connectivity index (χ0n) is 60.2. The van der Waals surface area contributed by atoms with Gasteiger partial charge in [0.25, 0.3) is 0 Å². The number of carbonyl (C=O) groups is 3. The lowest BCUT2D eigenvalue weighted by Crippen LogP contribution is -2.30. The number of hydrogen-bond donors (Lipinski definition) is 4. The number of phosphoric ester groups is 2. The van der Waals surface area contributed by atoms with Crippen LogP contribution in [0.1, 0.15) is 278 Å². The summed E-state index contributed by atoms with van der Waals surface area (Å²) in [5, 5.41) is 20.6. The van der Waals surface area contributed by atoms with Crippen molar-refractivity contribution in [2.45, 2.75) is 296 Å². The molecule has 554 valence electrons. The van der Waals surface area contributed by atoms with Gasteiger partial charge in [0.1, 0.15) is 25.4 Å². The predicted octanol–water partition coefficient (Wildman–Crippen LogP) is 21.3. The summed E-state index contributed by atoms with van der Waals surface area (Å²) in [6.45, 7) is 2.38. The van der Waals surface area contributed by atoms with Crippen LogP contribution in [-0.4, -0.2) is 95.9 Å². The molecule has 0 aromatic rings. The molecule has 97 heavy (non-hydrogen) atoms. The van der Waals surface area contributed by atoms with E-state index in [0.717, 1.165) is 193 Å². The third-order valence-electron chi connectivity index (χ3n) is 15.0. The first-order valence-corrected chi connectivity index (χ1v) is 40.1. The van der Waals surface area contributed by atoms with Crippen LogP contribution in [0.5, 0.6) is 0 Å². The van der Waals surface area contributed by atoms with Crippen molar-refractivity contribution in [2.75, 3.05) is 39.6 Å². The van der Waals surface area contributed by atoms with Crippen molar-refractivity contribution in [3.63, 3.8) is 0 Å². The largest absolute Gasteiger partial charge is 0.472 e. The van der Waals surface area contributed by atoms with E-state index in [-0.39, 0.29) is 19.3 Å². The molecule has 0 fully saturated rings. The second kappa shape index (κ2) is 71.3. The Balaban J connectivity index is 4.61. The van der Waals surface area contributed by atoms with Gasteiger partial charge in [-0.25, -0.2) is 9.13 Å². The molecule has 0 aromatic carbocycles. The van der Waals surface area contributed by atoms with Crippen LogP contribution < -0.4 is 0 Å². The van der Waals surface area contributed by atoms with Crippen molar-refractivity contribution in [1.82, 2.24) is 0 Å². The van der Waals surface area contributed by atoms with Gasteiger partial charge in [-0.3, -0.25) is 32.5 Å². The third-order valence-corrected chi connectivity index (χ3v) is 16.9. The molecule has 0 rings (SSSR count). The van der Waals surface area contributed by atoms with Crippen LogP contribution in [0.3, 0.4) is 0 Å². The van der Waals surface area contributed by atoms with Crippen LogP contribution in [0.25, 0.3) is 0 Å². The van der Waals surface area contributed by atoms with Crippen molar-refractivity contribution < 1.29 is 75.8 Å². The van der Waals surface area contributed by atoms with Crippen molar-refractivity contribution in [1.29, 1.82) is 0 Å².